The molecule has 19 heavy (non-hydrogen) atoms. The number of carbonyl (C=O) groups excluding carboxylic acids is 1. The van der Waals surface area contributed by atoms with Crippen LogP contribution >= 0.6 is 27.5 Å². The van der Waals surface area contributed by atoms with Crippen molar-refractivity contribution in [3.63, 3.8) is 0 Å². The van der Waals surface area contributed by atoms with Crippen LogP contribution in [0.5, 0.6) is 0 Å². The van der Waals surface area contributed by atoms with E-state index in [2.05, 4.69) is 21.2 Å². The summed E-state index contributed by atoms with van der Waals surface area (Å²) in [7, 11) is 0. The van der Waals surface area contributed by atoms with Crippen LogP contribution in [0.2, 0.25) is 5.02 Å². The van der Waals surface area contributed by atoms with Gasteiger partial charge in [0, 0.05) is 16.2 Å². The van der Waals surface area contributed by atoms with Gasteiger partial charge in [0.15, 0.2) is 0 Å². The molecule has 0 spiro atoms. The first-order chi connectivity index (χ1) is 8.95. The Balaban J connectivity index is 2.28. The van der Waals surface area contributed by atoms with Crippen molar-refractivity contribution >= 4 is 39.1 Å². The smallest absolute Gasteiger partial charge is 0.257 e. The Hall–Kier alpha value is -1.46. The van der Waals surface area contributed by atoms with E-state index in [0.717, 1.165) is 18.2 Å². The van der Waals surface area contributed by atoms with E-state index >= 15 is 0 Å². The minimum Gasteiger partial charge on any atom is -0.322 e. The van der Waals surface area contributed by atoms with E-state index in [0.29, 0.717) is 4.47 Å². The van der Waals surface area contributed by atoms with Crippen LogP contribution in [-0.2, 0) is 0 Å². The summed E-state index contributed by atoms with van der Waals surface area (Å²) in [6.07, 6.45) is 0. The number of rotatable bonds is 2. The predicted molar refractivity (Wildman–Crippen MR) is 73.5 cm³/mol. The predicted octanol–water partition coefficient (Wildman–Crippen LogP) is 4.63. The van der Waals surface area contributed by atoms with Crippen LogP contribution < -0.4 is 5.32 Å². The summed E-state index contributed by atoms with van der Waals surface area (Å²) in [6, 6.07) is 7.52. The highest BCUT2D eigenvalue weighted by Crippen LogP contribution is 2.22. The number of hydrogen-bond acceptors (Lipinski definition) is 1. The van der Waals surface area contributed by atoms with Gasteiger partial charge in [-0.15, -0.1) is 0 Å². The SMILES string of the molecule is O=C(Nc1cc(F)cc(F)c1)c1cc(Br)ccc1Cl. The third-order valence-corrected chi connectivity index (χ3v) is 3.12. The molecule has 6 heteroatoms. The molecule has 0 atom stereocenters. The van der Waals surface area contributed by atoms with Gasteiger partial charge < -0.3 is 5.32 Å². The second kappa shape index (κ2) is 5.67. The van der Waals surface area contributed by atoms with Crippen LogP contribution in [0.15, 0.2) is 40.9 Å². The summed E-state index contributed by atoms with van der Waals surface area (Å²) in [4.78, 5) is 11.9. The highest BCUT2D eigenvalue weighted by Gasteiger charge is 2.12. The first-order valence-corrected chi connectivity index (χ1v) is 6.35. The van der Waals surface area contributed by atoms with Gasteiger partial charge in [-0.2, -0.15) is 0 Å². The van der Waals surface area contributed by atoms with Crippen LogP contribution in [0.4, 0.5) is 14.5 Å². The lowest BCUT2D eigenvalue weighted by atomic mass is 10.2. The molecule has 0 fully saturated rings. The van der Waals surface area contributed by atoms with Crippen LogP contribution in [0.3, 0.4) is 0 Å². The Morgan fingerprint density at radius 2 is 1.74 bits per heavy atom. The zero-order valence-electron chi connectivity index (χ0n) is 9.38. The van der Waals surface area contributed by atoms with Gasteiger partial charge in [-0.1, -0.05) is 27.5 Å². The Labute approximate surface area is 121 Å². The highest BCUT2D eigenvalue weighted by molar-refractivity contribution is 9.10. The molecule has 2 rings (SSSR count). The number of benzene rings is 2. The Bertz CT molecular complexity index is 628. The maximum absolute atomic E-state index is 13.0. The van der Waals surface area contributed by atoms with Crippen LogP contribution in [-0.4, -0.2) is 5.91 Å². The quantitative estimate of drug-likeness (QED) is 0.844. The lowest BCUT2D eigenvalue weighted by Gasteiger charge is -2.07. The van der Waals surface area contributed by atoms with Crippen molar-refractivity contribution in [3.05, 3.63) is 63.1 Å². The molecule has 2 aromatic rings. The zero-order valence-corrected chi connectivity index (χ0v) is 11.7. The normalized spacial score (nSPS) is 10.3. The molecule has 0 unspecified atom stereocenters. The summed E-state index contributed by atoms with van der Waals surface area (Å²) >= 11 is 9.10. The molecule has 0 radical (unpaired) electrons. The Kier molecular flexibility index (Phi) is 4.17. The number of hydrogen-bond donors (Lipinski definition) is 1. The van der Waals surface area contributed by atoms with Crippen LogP contribution in [0.25, 0.3) is 0 Å². The van der Waals surface area contributed by atoms with Crippen molar-refractivity contribution in [2.24, 2.45) is 0 Å². The number of nitrogens with one attached hydrogen (secondary N) is 1. The minimum atomic E-state index is -0.768. The number of halogens is 4. The first-order valence-electron chi connectivity index (χ1n) is 5.18. The van der Waals surface area contributed by atoms with Crippen molar-refractivity contribution in [1.29, 1.82) is 0 Å². The first kappa shape index (κ1) is 14.0. The maximum atomic E-state index is 13.0. The third-order valence-electron chi connectivity index (χ3n) is 2.29. The summed E-state index contributed by atoms with van der Waals surface area (Å²) in [6.45, 7) is 0. The molecule has 0 aliphatic rings. The zero-order chi connectivity index (χ0) is 14.0. The van der Waals surface area contributed by atoms with Gasteiger partial charge in [-0.3, -0.25) is 4.79 Å². The molecule has 2 aromatic carbocycles. The van der Waals surface area contributed by atoms with E-state index in [-0.39, 0.29) is 16.3 Å². The summed E-state index contributed by atoms with van der Waals surface area (Å²) in [5.74, 6) is -2.08. The minimum absolute atomic E-state index is 0.0264. The molecule has 0 bridgehead atoms. The molecular weight excluding hydrogens is 340 g/mol. The van der Waals surface area contributed by atoms with E-state index in [1.54, 1.807) is 12.1 Å². The lowest BCUT2D eigenvalue weighted by Crippen LogP contribution is -2.12. The average Bonchev–Trinajstić information content (AvgIpc) is 2.30. The topological polar surface area (TPSA) is 29.1 Å². The molecule has 0 aliphatic carbocycles. The monoisotopic (exact) mass is 345 g/mol. The van der Waals surface area contributed by atoms with Crippen LogP contribution in [0, 0.1) is 11.6 Å². The van der Waals surface area contributed by atoms with Gasteiger partial charge in [0.05, 0.1) is 10.6 Å². The van der Waals surface area contributed by atoms with E-state index in [1.807, 2.05) is 0 Å². The van der Waals surface area contributed by atoms with Crippen molar-refractivity contribution < 1.29 is 13.6 Å². The average molecular weight is 347 g/mol. The Morgan fingerprint density at radius 1 is 1.11 bits per heavy atom. The molecular formula is C13H7BrClF2NO. The van der Waals surface area contributed by atoms with Gasteiger partial charge in [0.2, 0.25) is 0 Å². The van der Waals surface area contributed by atoms with E-state index in [9.17, 15) is 13.6 Å². The maximum Gasteiger partial charge on any atom is 0.257 e. The van der Waals surface area contributed by atoms with Gasteiger partial charge >= 0.3 is 0 Å². The fourth-order valence-electron chi connectivity index (χ4n) is 1.50. The van der Waals surface area contributed by atoms with Crippen molar-refractivity contribution in [2.75, 3.05) is 5.32 Å². The fraction of sp³-hybridized carbons (Fsp3) is 0. The van der Waals surface area contributed by atoms with Crippen LogP contribution in [0.1, 0.15) is 10.4 Å². The second-order valence-electron chi connectivity index (χ2n) is 3.74. The van der Waals surface area contributed by atoms with Crippen molar-refractivity contribution in [3.8, 4) is 0 Å². The van der Waals surface area contributed by atoms with Gasteiger partial charge in [0.1, 0.15) is 11.6 Å². The molecule has 0 saturated carbocycles. The van der Waals surface area contributed by atoms with Gasteiger partial charge in [-0.05, 0) is 30.3 Å². The van der Waals surface area contributed by atoms with E-state index in [1.165, 1.54) is 6.07 Å². The number of amides is 1. The van der Waals surface area contributed by atoms with Crippen molar-refractivity contribution in [1.82, 2.24) is 0 Å². The molecule has 0 aliphatic heterocycles. The molecule has 0 aromatic heterocycles. The molecule has 0 saturated heterocycles. The molecule has 0 heterocycles. The molecule has 98 valence electrons. The van der Waals surface area contributed by atoms with E-state index in [4.69, 9.17) is 11.6 Å². The largest absolute Gasteiger partial charge is 0.322 e. The molecule has 1 N–H and O–H groups in total. The van der Waals surface area contributed by atoms with Gasteiger partial charge in [0.25, 0.3) is 5.91 Å². The van der Waals surface area contributed by atoms with Gasteiger partial charge in [-0.25, -0.2) is 8.78 Å². The summed E-state index contributed by atoms with van der Waals surface area (Å²) in [5, 5.41) is 2.63. The second-order valence-corrected chi connectivity index (χ2v) is 5.06. The third kappa shape index (κ3) is 3.52. The number of anilines is 1. The highest BCUT2D eigenvalue weighted by atomic mass is 79.9. The summed E-state index contributed by atoms with van der Waals surface area (Å²) in [5.41, 5.74) is 0.235. The Morgan fingerprint density at radius 3 is 2.37 bits per heavy atom. The lowest BCUT2D eigenvalue weighted by molar-refractivity contribution is 0.102. The molecule has 1 amide bonds. The fourth-order valence-corrected chi connectivity index (χ4v) is 2.06. The number of carbonyl (C=O) groups is 1. The molecule has 2 nitrogen and oxygen atoms in total. The standard InChI is InChI=1S/C13H7BrClF2NO/c14-7-1-2-12(15)11(3-7)13(19)18-10-5-8(16)4-9(17)6-10/h1-6H,(H,18,19). The van der Waals surface area contributed by atoms with Crippen molar-refractivity contribution in [2.45, 2.75) is 0 Å². The van der Waals surface area contributed by atoms with E-state index < -0.39 is 17.5 Å². The summed E-state index contributed by atoms with van der Waals surface area (Å²) < 4.78 is 26.7.